The standard InChI is InChI=1S/C6H13NO3S/c1-4(2)5(3-8)7-6(9)11-10/h4-5,8,10H,3H2,1-2H3,(H,7,9). The first-order chi connectivity index (χ1) is 5.11. The van der Waals surface area contributed by atoms with Crippen molar-refractivity contribution < 1.29 is 14.5 Å². The van der Waals surface area contributed by atoms with E-state index in [9.17, 15) is 4.79 Å². The molecular weight excluding hydrogens is 166 g/mol. The Balaban J connectivity index is 3.78. The van der Waals surface area contributed by atoms with Gasteiger partial charge < -0.3 is 15.0 Å². The summed E-state index contributed by atoms with van der Waals surface area (Å²) in [6.45, 7) is 3.65. The molecule has 0 heterocycles. The number of aliphatic hydroxyl groups excluding tert-OH is 1. The highest BCUT2D eigenvalue weighted by molar-refractivity contribution is 8.08. The Morgan fingerprint density at radius 1 is 1.64 bits per heavy atom. The number of aliphatic hydroxyl groups is 1. The molecule has 0 aliphatic heterocycles. The molecule has 0 aliphatic carbocycles. The van der Waals surface area contributed by atoms with E-state index in [0.29, 0.717) is 0 Å². The smallest absolute Gasteiger partial charge is 0.306 e. The van der Waals surface area contributed by atoms with E-state index in [2.05, 4.69) is 5.32 Å². The summed E-state index contributed by atoms with van der Waals surface area (Å²) in [6.07, 6.45) is 0. The molecule has 1 unspecified atom stereocenters. The maximum atomic E-state index is 10.6. The Hall–Kier alpha value is -0.260. The normalized spacial score (nSPS) is 13.2. The molecular formula is C6H13NO3S. The van der Waals surface area contributed by atoms with Gasteiger partial charge in [0.05, 0.1) is 24.7 Å². The van der Waals surface area contributed by atoms with Crippen LogP contribution in [0.5, 0.6) is 0 Å². The second kappa shape index (κ2) is 5.40. The first kappa shape index (κ1) is 10.7. The minimum atomic E-state index is -0.530. The molecule has 1 atom stereocenters. The second-order valence-electron chi connectivity index (χ2n) is 2.56. The van der Waals surface area contributed by atoms with E-state index < -0.39 is 5.24 Å². The van der Waals surface area contributed by atoms with E-state index in [1.165, 1.54) is 0 Å². The highest BCUT2D eigenvalue weighted by Gasteiger charge is 2.14. The van der Waals surface area contributed by atoms with E-state index in [4.69, 9.17) is 9.66 Å². The third kappa shape index (κ3) is 4.23. The number of amides is 1. The Labute approximate surface area is 70.2 Å². The largest absolute Gasteiger partial charge is 0.394 e. The van der Waals surface area contributed by atoms with E-state index in [1.54, 1.807) is 0 Å². The van der Waals surface area contributed by atoms with Crippen LogP contribution in [0.15, 0.2) is 0 Å². The SMILES string of the molecule is CC(C)C(CO)NC(=O)SO. The summed E-state index contributed by atoms with van der Waals surface area (Å²) in [5.74, 6) is 0.163. The minimum absolute atomic E-state index is 0.107. The molecule has 0 bridgehead atoms. The first-order valence-electron chi connectivity index (χ1n) is 3.34. The second-order valence-corrected chi connectivity index (χ2v) is 3.11. The molecule has 3 N–H and O–H groups in total. The van der Waals surface area contributed by atoms with Crippen molar-refractivity contribution in [1.29, 1.82) is 0 Å². The highest BCUT2D eigenvalue weighted by Crippen LogP contribution is 2.03. The van der Waals surface area contributed by atoms with Gasteiger partial charge >= 0.3 is 5.24 Å². The molecule has 0 saturated heterocycles. The fourth-order valence-electron chi connectivity index (χ4n) is 0.601. The third-order valence-corrected chi connectivity index (χ3v) is 1.67. The third-order valence-electron chi connectivity index (χ3n) is 1.39. The summed E-state index contributed by atoms with van der Waals surface area (Å²) in [5.41, 5.74) is 0. The Morgan fingerprint density at radius 3 is 2.45 bits per heavy atom. The van der Waals surface area contributed by atoms with Gasteiger partial charge in [0, 0.05) is 0 Å². The molecule has 4 nitrogen and oxygen atoms in total. The monoisotopic (exact) mass is 179 g/mol. The van der Waals surface area contributed by atoms with Gasteiger partial charge in [0.1, 0.15) is 0 Å². The summed E-state index contributed by atoms with van der Waals surface area (Å²) < 4.78 is 8.28. The molecule has 0 radical (unpaired) electrons. The van der Waals surface area contributed by atoms with Crippen LogP contribution in [0.25, 0.3) is 0 Å². The van der Waals surface area contributed by atoms with Crippen LogP contribution < -0.4 is 5.32 Å². The predicted octanol–water partition coefficient (Wildman–Crippen LogP) is 0.919. The van der Waals surface area contributed by atoms with Gasteiger partial charge in [-0.2, -0.15) is 0 Å². The van der Waals surface area contributed by atoms with Gasteiger partial charge in [-0.15, -0.1) is 0 Å². The van der Waals surface area contributed by atoms with Gasteiger partial charge in [-0.1, -0.05) is 13.8 Å². The number of nitrogens with one attached hydrogen (secondary N) is 1. The predicted molar refractivity (Wildman–Crippen MR) is 44.5 cm³/mol. The molecule has 0 aromatic carbocycles. The lowest BCUT2D eigenvalue weighted by Gasteiger charge is -2.18. The van der Waals surface area contributed by atoms with Crippen LogP contribution >= 0.6 is 12.0 Å². The summed E-state index contributed by atoms with van der Waals surface area (Å²) in [5, 5.41) is 10.6. The van der Waals surface area contributed by atoms with Crippen LogP contribution in [0.1, 0.15) is 13.8 Å². The van der Waals surface area contributed by atoms with Gasteiger partial charge in [0.25, 0.3) is 0 Å². The maximum absolute atomic E-state index is 10.6. The van der Waals surface area contributed by atoms with Gasteiger partial charge in [0.15, 0.2) is 0 Å². The van der Waals surface area contributed by atoms with Crippen LogP contribution in [-0.4, -0.2) is 27.5 Å². The van der Waals surface area contributed by atoms with E-state index in [-0.39, 0.29) is 30.6 Å². The average molecular weight is 179 g/mol. The number of hydrogen-bond acceptors (Lipinski definition) is 4. The van der Waals surface area contributed by atoms with Crippen LogP contribution in [0.2, 0.25) is 0 Å². The van der Waals surface area contributed by atoms with E-state index in [0.717, 1.165) is 0 Å². The molecule has 0 aromatic heterocycles. The van der Waals surface area contributed by atoms with Crippen LogP contribution in [0, 0.1) is 5.92 Å². The molecule has 11 heavy (non-hydrogen) atoms. The summed E-state index contributed by atoms with van der Waals surface area (Å²) in [4.78, 5) is 10.6. The lowest BCUT2D eigenvalue weighted by atomic mass is 10.1. The van der Waals surface area contributed by atoms with Crippen molar-refractivity contribution in [3.63, 3.8) is 0 Å². The molecule has 1 amide bonds. The average Bonchev–Trinajstić information content (AvgIpc) is 1.99. The Morgan fingerprint density at radius 2 is 2.18 bits per heavy atom. The number of carbonyl (C=O) groups is 1. The molecule has 0 fully saturated rings. The lowest BCUT2D eigenvalue weighted by Crippen LogP contribution is -2.39. The van der Waals surface area contributed by atoms with Gasteiger partial charge in [0.2, 0.25) is 0 Å². The fraction of sp³-hybridized carbons (Fsp3) is 0.833. The number of hydrogen-bond donors (Lipinski definition) is 3. The molecule has 5 heteroatoms. The topological polar surface area (TPSA) is 69.6 Å². The molecule has 66 valence electrons. The lowest BCUT2D eigenvalue weighted by molar-refractivity contribution is 0.208. The van der Waals surface area contributed by atoms with E-state index >= 15 is 0 Å². The highest BCUT2D eigenvalue weighted by atomic mass is 32.2. The van der Waals surface area contributed by atoms with Crippen molar-refractivity contribution in [3.8, 4) is 0 Å². The maximum Gasteiger partial charge on any atom is 0.306 e. The van der Waals surface area contributed by atoms with Gasteiger partial charge in [-0.05, 0) is 5.92 Å². The summed E-state index contributed by atoms with van der Waals surface area (Å²) in [7, 11) is 0. The zero-order valence-electron chi connectivity index (χ0n) is 6.57. The minimum Gasteiger partial charge on any atom is -0.394 e. The van der Waals surface area contributed by atoms with Crippen LogP contribution in [0.4, 0.5) is 4.79 Å². The van der Waals surface area contributed by atoms with E-state index in [1.807, 2.05) is 13.8 Å². The van der Waals surface area contributed by atoms with Crippen LogP contribution in [-0.2, 0) is 0 Å². The zero-order valence-corrected chi connectivity index (χ0v) is 7.39. The molecule has 0 spiro atoms. The van der Waals surface area contributed by atoms with Crippen molar-refractivity contribution in [2.75, 3.05) is 6.61 Å². The molecule has 0 rings (SSSR count). The molecule has 0 aliphatic rings. The Kier molecular flexibility index (Phi) is 5.27. The number of rotatable bonds is 3. The quantitative estimate of drug-likeness (QED) is 0.563. The van der Waals surface area contributed by atoms with Crippen molar-refractivity contribution in [1.82, 2.24) is 5.32 Å². The van der Waals surface area contributed by atoms with Gasteiger partial charge in [-0.3, -0.25) is 4.79 Å². The van der Waals surface area contributed by atoms with Crippen molar-refractivity contribution in [2.24, 2.45) is 5.92 Å². The van der Waals surface area contributed by atoms with Crippen LogP contribution in [0.3, 0.4) is 0 Å². The molecule has 0 aromatic rings. The summed E-state index contributed by atoms with van der Waals surface area (Å²) in [6, 6.07) is -0.276. The fourth-order valence-corrected chi connectivity index (χ4v) is 0.805. The molecule has 0 saturated carbocycles. The summed E-state index contributed by atoms with van der Waals surface area (Å²) >= 11 is 0.125. The van der Waals surface area contributed by atoms with Crippen molar-refractivity contribution in [3.05, 3.63) is 0 Å². The van der Waals surface area contributed by atoms with Gasteiger partial charge in [-0.25, -0.2) is 0 Å². The van der Waals surface area contributed by atoms with Crippen molar-refractivity contribution in [2.45, 2.75) is 19.9 Å². The van der Waals surface area contributed by atoms with Crippen molar-refractivity contribution >= 4 is 17.3 Å². The Bertz CT molecular complexity index is 129. The number of carbonyl (C=O) groups excluding carboxylic acids is 1. The first-order valence-corrected chi connectivity index (χ1v) is 4.12. The zero-order chi connectivity index (χ0) is 8.85.